The van der Waals surface area contributed by atoms with E-state index in [1.54, 1.807) is 30.5 Å². The molecule has 4 nitrogen and oxygen atoms in total. The number of H-pyrrole nitrogens is 1. The van der Waals surface area contributed by atoms with Crippen molar-refractivity contribution >= 4 is 34.0 Å². The van der Waals surface area contributed by atoms with E-state index in [-0.39, 0.29) is 5.78 Å². The van der Waals surface area contributed by atoms with E-state index in [9.17, 15) is 10.0 Å². The third-order valence-electron chi connectivity index (χ3n) is 5.25. The second-order valence-corrected chi connectivity index (χ2v) is 7.06. The van der Waals surface area contributed by atoms with E-state index in [4.69, 9.17) is 11.6 Å². The highest BCUT2D eigenvalue weighted by atomic mass is 35.5. The molecule has 1 atom stereocenters. The minimum atomic E-state index is -1.38. The lowest BCUT2D eigenvalue weighted by atomic mass is 9.79. The van der Waals surface area contributed by atoms with Gasteiger partial charge in [0, 0.05) is 33.2 Å². The number of para-hydroxylation sites is 1. The van der Waals surface area contributed by atoms with Crippen LogP contribution in [0.5, 0.6) is 0 Å². The summed E-state index contributed by atoms with van der Waals surface area (Å²) in [5, 5.41) is 13.7. The van der Waals surface area contributed by atoms with Crippen LogP contribution >= 0.6 is 11.6 Å². The zero-order chi connectivity index (χ0) is 18.6. The van der Waals surface area contributed by atoms with Crippen LogP contribution in [0.3, 0.4) is 0 Å². The highest BCUT2D eigenvalue weighted by molar-refractivity contribution is 6.31. The van der Waals surface area contributed by atoms with Gasteiger partial charge in [-0.25, -0.2) is 5.06 Å². The third kappa shape index (κ3) is 2.05. The number of rotatable bonds is 2. The van der Waals surface area contributed by atoms with Crippen LogP contribution in [0.15, 0.2) is 79.0 Å². The zero-order valence-electron chi connectivity index (χ0n) is 14.2. The maximum Gasteiger partial charge on any atom is 0.202 e. The van der Waals surface area contributed by atoms with E-state index in [1.807, 2.05) is 48.5 Å². The number of hydroxylamine groups is 1. The van der Waals surface area contributed by atoms with Crippen LogP contribution in [-0.4, -0.2) is 16.0 Å². The second-order valence-electron chi connectivity index (χ2n) is 6.63. The highest BCUT2D eigenvalue weighted by Crippen LogP contribution is 2.49. The van der Waals surface area contributed by atoms with Crippen molar-refractivity contribution in [3.05, 3.63) is 101 Å². The first-order valence-corrected chi connectivity index (χ1v) is 8.97. The predicted octanol–water partition coefficient (Wildman–Crippen LogP) is 5.16. The first-order valence-electron chi connectivity index (χ1n) is 8.59. The first kappa shape index (κ1) is 16.1. The van der Waals surface area contributed by atoms with Crippen LogP contribution in [0.4, 0.5) is 5.69 Å². The zero-order valence-corrected chi connectivity index (χ0v) is 14.9. The minimum Gasteiger partial charge on any atom is -0.361 e. The van der Waals surface area contributed by atoms with Gasteiger partial charge in [0.1, 0.15) is 0 Å². The molecule has 2 N–H and O–H groups in total. The minimum absolute atomic E-state index is 0.173. The van der Waals surface area contributed by atoms with E-state index < -0.39 is 5.54 Å². The summed E-state index contributed by atoms with van der Waals surface area (Å²) < 4.78 is 0. The van der Waals surface area contributed by atoms with Gasteiger partial charge in [0.25, 0.3) is 0 Å². The number of ketones is 1. The Morgan fingerprint density at radius 2 is 1.70 bits per heavy atom. The molecule has 0 radical (unpaired) electrons. The van der Waals surface area contributed by atoms with Gasteiger partial charge in [-0.1, -0.05) is 54.1 Å². The number of halogens is 1. The molecule has 5 heteroatoms. The van der Waals surface area contributed by atoms with E-state index in [0.717, 1.165) is 16.0 Å². The lowest BCUT2D eigenvalue weighted by Crippen LogP contribution is -2.47. The van der Waals surface area contributed by atoms with Crippen molar-refractivity contribution < 1.29 is 10.0 Å². The van der Waals surface area contributed by atoms with Crippen molar-refractivity contribution in [2.75, 3.05) is 5.06 Å². The molecule has 1 aromatic heterocycles. The molecular weight excluding hydrogens is 360 g/mol. The number of nitrogens with one attached hydrogen (secondary N) is 1. The largest absolute Gasteiger partial charge is 0.361 e. The molecule has 4 aromatic rings. The molecule has 1 aliphatic rings. The summed E-state index contributed by atoms with van der Waals surface area (Å²) >= 11 is 6.23. The van der Waals surface area contributed by atoms with Gasteiger partial charge in [0.05, 0.1) is 5.69 Å². The molecule has 0 bridgehead atoms. The number of carbonyl (C=O) groups excluding carboxylic acids is 1. The monoisotopic (exact) mass is 374 g/mol. The SMILES string of the molecule is O=C1c2ccccc2N(O)[C@@]1(c1ccccc1)c1c[nH]c2ccc(Cl)cc12. The first-order chi connectivity index (χ1) is 13.1. The molecule has 132 valence electrons. The van der Waals surface area contributed by atoms with E-state index in [0.29, 0.717) is 27.4 Å². The van der Waals surface area contributed by atoms with Gasteiger partial charge in [-0.15, -0.1) is 0 Å². The predicted molar refractivity (Wildman–Crippen MR) is 106 cm³/mol. The molecular formula is C22H15ClN2O2. The summed E-state index contributed by atoms with van der Waals surface area (Å²) in [4.78, 5) is 16.9. The Kier molecular flexibility index (Phi) is 3.41. The van der Waals surface area contributed by atoms with E-state index in [1.165, 1.54) is 0 Å². The lowest BCUT2D eigenvalue weighted by Gasteiger charge is -2.34. The maximum absolute atomic E-state index is 13.7. The van der Waals surface area contributed by atoms with Crippen LogP contribution in [0.2, 0.25) is 5.02 Å². The molecule has 0 saturated carbocycles. The lowest BCUT2D eigenvalue weighted by molar-refractivity contribution is 0.0846. The smallest absolute Gasteiger partial charge is 0.202 e. The number of benzene rings is 3. The van der Waals surface area contributed by atoms with Crippen molar-refractivity contribution in [3.8, 4) is 0 Å². The second kappa shape index (κ2) is 5.71. The Bertz CT molecular complexity index is 1190. The van der Waals surface area contributed by atoms with Gasteiger partial charge in [-0.05, 0) is 35.9 Å². The van der Waals surface area contributed by atoms with Gasteiger partial charge in [0.15, 0.2) is 5.54 Å². The number of anilines is 1. The average Bonchev–Trinajstić information content (AvgIpc) is 3.21. The molecule has 0 unspecified atom stereocenters. The highest BCUT2D eigenvalue weighted by Gasteiger charge is 2.55. The van der Waals surface area contributed by atoms with Crippen LogP contribution in [0, 0.1) is 0 Å². The number of hydrogen-bond acceptors (Lipinski definition) is 3. The summed E-state index contributed by atoms with van der Waals surface area (Å²) in [5.74, 6) is -0.173. The fourth-order valence-corrected chi connectivity index (χ4v) is 4.21. The summed E-state index contributed by atoms with van der Waals surface area (Å²) in [6.45, 7) is 0. The molecule has 1 aliphatic heterocycles. The quantitative estimate of drug-likeness (QED) is 0.509. The standard InChI is InChI=1S/C22H15ClN2O2/c23-15-10-11-19-17(12-15)18(13-24-19)22(14-6-2-1-3-7-14)21(26)16-8-4-5-9-20(16)25(22)27/h1-13,24,27H/t22-/m0/s1. The Labute approximate surface area is 160 Å². The Balaban J connectivity index is 1.89. The van der Waals surface area contributed by atoms with Crippen molar-refractivity contribution in [3.63, 3.8) is 0 Å². The number of Topliss-reactive ketones (excluding diaryl/α,β-unsaturated/α-hetero) is 1. The molecule has 27 heavy (non-hydrogen) atoms. The average molecular weight is 375 g/mol. The summed E-state index contributed by atoms with van der Waals surface area (Å²) in [7, 11) is 0. The molecule has 0 spiro atoms. The van der Waals surface area contributed by atoms with Crippen LogP contribution in [-0.2, 0) is 5.54 Å². The summed E-state index contributed by atoms with van der Waals surface area (Å²) in [6.07, 6.45) is 1.78. The third-order valence-corrected chi connectivity index (χ3v) is 5.48. The van der Waals surface area contributed by atoms with Crippen LogP contribution in [0.1, 0.15) is 21.5 Å². The normalized spacial score (nSPS) is 18.9. The molecule has 0 amide bonds. The molecule has 2 heterocycles. The van der Waals surface area contributed by atoms with Crippen molar-refractivity contribution in [1.82, 2.24) is 4.98 Å². The van der Waals surface area contributed by atoms with Crippen molar-refractivity contribution in [1.29, 1.82) is 0 Å². The fourth-order valence-electron chi connectivity index (χ4n) is 4.04. The van der Waals surface area contributed by atoms with E-state index in [2.05, 4.69) is 4.98 Å². The summed E-state index contributed by atoms with van der Waals surface area (Å²) in [6, 6.07) is 21.9. The molecule has 0 saturated heterocycles. The Morgan fingerprint density at radius 1 is 0.963 bits per heavy atom. The molecule has 3 aromatic carbocycles. The van der Waals surface area contributed by atoms with Crippen molar-refractivity contribution in [2.45, 2.75) is 5.54 Å². The van der Waals surface area contributed by atoms with E-state index >= 15 is 0 Å². The van der Waals surface area contributed by atoms with Gasteiger partial charge < -0.3 is 4.98 Å². The molecule has 0 aliphatic carbocycles. The van der Waals surface area contributed by atoms with Crippen LogP contribution < -0.4 is 5.06 Å². The molecule has 0 fully saturated rings. The topological polar surface area (TPSA) is 56.3 Å². The van der Waals surface area contributed by atoms with Gasteiger partial charge in [0.2, 0.25) is 5.78 Å². The maximum atomic E-state index is 13.7. The number of nitrogens with zero attached hydrogens (tertiary/aromatic N) is 1. The summed E-state index contributed by atoms with van der Waals surface area (Å²) in [5.41, 5.74) is 1.79. The number of aromatic nitrogens is 1. The van der Waals surface area contributed by atoms with Gasteiger partial charge >= 0.3 is 0 Å². The van der Waals surface area contributed by atoms with Gasteiger partial charge in [-0.2, -0.15) is 0 Å². The number of fused-ring (bicyclic) bond motifs is 2. The number of carbonyl (C=O) groups is 1. The number of hydrogen-bond donors (Lipinski definition) is 2. The fraction of sp³-hybridized carbons (Fsp3) is 0.0455. The van der Waals surface area contributed by atoms with Crippen LogP contribution in [0.25, 0.3) is 10.9 Å². The molecule has 5 rings (SSSR count). The Morgan fingerprint density at radius 3 is 2.48 bits per heavy atom. The Hall–Kier alpha value is -3.08. The van der Waals surface area contributed by atoms with Gasteiger partial charge in [-0.3, -0.25) is 10.0 Å². The van der Waals surface area contributed by atoms with Crippen molar-refractivity contribution in [2.24, 2.45) is 0 Å². The number of aromatic amines is 1.